The largest absolute Gasteiger partial charge is 0.481 e. The first kappa shape index (κ1) is 26.2. The van der Waals surface area contributed by atoms with Crippen LogP contribution in [0.2, 0.25) is 0 Å². The highest BCUT2D eigenvalue weighted by atomic mass is 16.6. The molecule has 0 unspecified atom stereocenters. The van der Waals surface area contributed by atoms with Gasteiger partial charge in [-0.25, -0.2) is 4.79 Å². The van der Waals surface area contributed by atoms with Crippen molar-refractivity contribution in [2.24, 2.45) is 11.8 Å². The standard InChI is InChI=1S/C24H40N2O6/c1-2-3-15-26-24(30)31-17-22(27)25-16-9-8-11-19-18(20-13-14-21(19)32-20)10-6-4-5-7-12-23(28)29/h4,6,18-21H,2-3,5,7-17H2,1H3,(H,25,27)(H,26,30)(H,28,29)/t18-,19+,20-,21+/m1/s1. The number of allylic oxidation sites excluding steroid dienone is 2. The topological polar surface area (TPSA) is 114 Å². The summed E-state index contributed by atoms with van der Waals surface area (Å²) in [7, 11) is 0. The number of carbonyl (C=O) groups excluding carboxylic acids is 2. The normalized spacial score (nSPS) is 24.0. The molecule has 2 rings (SSSR count). The summed E-state index contributed by atoms with van der Waals surface area (Å²) >= 11 is 0. The molecule has 8 nitrogen and oxygen atoms in total. The Hall–Kier alpha value is -2.09. The Morgan fingerprint density at radius 1 is 1.00 bits per heavy atom. The Kier molecular flexibility index (Phi) is 12.2. The maximum Gasteiger partial charge on any atom is 0.407 e. The monoisotopic (exact) mass is 452 g/mol. The zero-order valence-electron chi connectivity index (χ0n) is 19.4. The molecule has 4 atom stereocenters. The summed E-state index contributed by atoms with van der Waals surface area (Å²) in [5.74, 6) is 0.0864. The van der Waals surface area contributed by atoms with E-state index in [1.54, 1.807) is 0 Å². The number of alkyl carbamates (subject to hydrolysis) is 1. The van der Waals surface area contributed by atoms with Gasteiger partial charge in [-0.3, -0.25) is 9.59 Å². The minimum atomic E-state index is -0.739. The number of carbonyl (C=O) groups is 3. The summed E-state index contributed by atoms with van der Waals surface area (Å²) < 4.78 is 11.1. The Labute approximate surface area is 191 Å². The molecule has 0 radical (unpaired) electrons. The van der Waals surface area contributed by atoms with Gasteiger partial charge in [-0.15, -0.1) is 0 Å². The Morgan fingerprint density at radius 2 is 1.75 bits per heavy atom. The number of hydrogen-bond acceptors (Lipinski definition) is 5. The van der Waals surface area contributed by atoms with Crippen molar-refractivity contribution in [3.05, 3.63) is 12.2 Å². The fourth-order valence-corrected chi connectivity index (χ4v) is 4.67. The number of ether oxygens (including phenoxy) is 2. The maximum atomic E-state index is 11.8. The van der Waals surface area contributed by atoms with Crippen molar-refractivity contribution < 1.29 is 29.0 Å². The van der Waals surface area contributed by atoms with Crippen molar-refractivity contribution in [1.82, 2.24) is 10.6 Å². The highest BCUT2D eigenvalue weighted by molar-refractivity contribution is 5.79. The molecule has 2 aliphatic heterocycles. The number of rotatable bonds is 16. The molecule has 8 heteroatoms. The van der Waals surface area contributed by atoms with Gasteiger partial charge in [0.05, 0.1) is 12.2 Å². The summed E-state index contributed by atoms with van der Waals surface area (Å²) in [4.78, 5) is 33.8. The summed E-state index contributed by atoms with van der Waals surface area (Å²) in [6, 6.07) is 0. The first-order valence-electron chi connectivity index (χ1n) is 12.2. The molecule has 2 amide bonds. The Balaban J connectivity index is 1.57. The smallest absolute Gasteiger partial charge is 0.407 e. The predicted octanol–water partition coefficient (Wildman–Crippen LogP) is 3.79. The van der Waals surface area contributed by atoms with Gasteiger partial charge in [0.1, 0.15) is 0 Å². The lowest BCUT2D eigenvalue weighted by Crippen LogP contribution is -2.33. The molecule has 2 bridgehead atoms. The van der Waals surface area contributed by atoms with Crippen LogP contribution in [-0.2, 0) is 19.1 Å². The highest BCUT2D eigenvalue weighted by Crippen LogP contribution is 2.47. The number of unbranched alkanes of at least 4 members (excludes halogenated alkanes) is 3. The number of carboxylic acid groups (broad SMARTS) is 1. The van der Waals surface area contributed by atoms with Gasteiger partial charge in [-0.05, 0) is 63.2 Å². The minimum absolute atomic E-state index is 0.221. The van der Waals surface area contributed by atoms with E-state index in [1.807, 2.05) is 6.92 Å². The van der Waals surface area contributed by atoms with E-state index >= 15 is 0 Å². The van der Waals surface area contributed by atoms with Crippen molar-refractivity contribution in [3.8, 4) is 0 Å². The van der Waals surface area contributed by atoms with Crippen LogP contribution in [0.5, 0.6) is 0 Å². The van der Waals surface area contributed by atoms with E-state index in [-0.39, 0.29) is 18.9 Å². The van der Waals surface area contributed by atoms with Gasteiger partial charge in [-0.2, -0.15) is 0 Å². The molecular formula is C24H40N2O6. The molecule has 2 saturated heterocycles. The van der Waals surface area contributed by atoms with Crippen molar-refractivity contribution in [1.29, 1.82) is 0 Å². The fourth-order valence-electron chi connectivity index (χ4n) is 4.67. The zero-order valence-corrected chi connectivity index (χ0v) is 19.4. The van der Waals surface area contributed by atoms with Gasteiger partial charge in [0, 0.05) is 19.5 Å². The number of amides is 2. The van der Waals surface area contributed by atoms with E-state index in [0.29, 0.717) is 43.6 Å². The van der Waals surface area contributed by atoms with E-state index in [0.717, 1.165) is 57.8 Å². The van der Waals surface area contributed by atoms with Crippen molar-refractivity contribution in [3.63, 3.8) is 0 Å². The number of nitrogens with one attached hydrogen (secondary N) is 2. The van der Waals surface area contributed by atoms with Crippen molar-refractivity contribution in [2.75, 3.05) is 19.7 Å². The van der Waals surface area contributed by atoms with Crippen molar-refractivity contribution >= 4 is 18.0 Å². The molecule has 2 heterocycles. The van der Waals surface area contributed by atoms with E-state index in [2.05, 4.69) is 22.8 Å². The quantitative estimate of drug-likeness (QED) is 0.242. The number of aliphatic carboxylic acids is 1. The van der Waals surface area contributed by atoms with E-state index in [4.69, 9.17) is 14.6 Å². The molecule has 0 spiro atoms. The van der Waals surface area contributed by atoms with Crippen LogP contribution in [0, 0.1) is 11.8 Å². The Bertz CT molecular complexity index is 624. The number of fused-ring (bicyclic) bond motifs is 2. The van der Waals surface area contributed by atoms with Crippen LogP contribution in [0.1, 0.15) is 77.6 Å². The van der Waals surface area contributed by atoms with E-state index < -0.39 is 12.1 Å². The number of carboxylic acids is 1. The third-order valence-electron chi connectivity index (χ3n) is 6.35. The predicted molar refractivity (Wildman–Crippen MR) is 121 cm³/mol. The molecular weight excluding hydrogens is 412 g/mol. The highest BCUT2D eigenvalue weighted by Gasteiger charge is 2.47. The van der Waals surface area contributed by atoms with Gasteiger partial charge < -0.3 is 25.2 Å². The van der Waals surface area contributed by atoms with Crippen molar-refractivity contribution in [2.45, 2.75) is 89.8 Å². The van der Waals surface area contributed by atoms with Crippen LogP contribution >= 0.6 is 0 Å². The molecule has 2 aliphatic rings. The summed E-state index contributed by atoms with van der Waals surface area (Å²) in [5, 5.41) is 14.1. The molecule has 3 N–H and O–H groups in total. The van der Waals surface area contributed by atoms with Crippen LogP contribution < -0.4 is 10.6 Å². The van der Waals surface area contributed by atoms with Crippen LogP contribution in [0.4, 0.5) is 4.79 Å². The number of hydrogen-bond donors (Lipinski definition) is 3. The molecule has 2 fully saturated rings. The van der Waals surface area contributed by atoms with Crippen LogP contribution in [-0.4, -0.2) is 55.0 Å². The first-order chi connectivity index (χ1) is 15.5. The third kappa shape index (κ3) is 9.59. The summed E-state index contributed by atoms with van der Waals surface area (Å²) in [6.07, 6.45) is 14.3. The molecule has 0 aliphatic carbocycles. The molecule has 0 saturated carbocycles. The average Bonchev–Trinajstić information content (AvgIpc) is 3.36. The Morgan fingerprint density at radius 3 is 2.50 bits per heavy atom. The zero-order chi connectivity index (χ0) is 23.2. The second-order valence-electron chi connectivity index (χ2n) is 8.81. The third-order valence-corrected chi connectivity index (χ3v) is 6.35. The van der Waals surface area contributed by atoms with Crippen LogP contribution in [0.3, 0.4) is 0 Å². The maximum absolute atomic E-state index is 11.8. The lowest BCUT2D eigenvalue weighted by molar-refractivity contribution is -0.137. The van der Waals surface area contributed by atoms with Gasteiger partial charge in [-0.1, -0.05) is 31.9 Å². The lowest BCUT2D eigenvalue weighted by Gasteiger charge is -2.27. The average molecular weight is 453 g/mol. The second kappa shape index (κ2) is 14.9. The summed E-state index contributed by atoms with van der Waals surface area (Å²) in [5.41, 5.74) is 0. The van der Waals surface area contributed by atoms with Gasteiger partial charge in [0.15, 0.2) is 6.61 Å². The van der Waals surface area contributed by atoms with E-state index in [9.17, 15) is 14.4 Å². The lowest BCUT2D eigenvalue weighted by atomic mass is 9.75. The summed E-state index contributed by atoms with van der Waals surface area (Å²) in [6.45, 7) is 2.93. The first-order valence-corrected chi connectivity index (χ1v) is 12.2. The molecule has 0 aromatic rings. The molecule has 32 heavy (non-hydrogen) atoms. The van der Waals surface area contributed by atoms with Crippen LogP contribution in [0.15, 0.2) is 12.2 Å². The SMILES string of the molecule is CCCCNC(=O)OCC(=O)NCCCC[C@H]1[C@@H](CC=CCCCC(=O)O)[C@H]2CC[C@@H]1O2. The fraction of sp³-hybridized carbons (Fsp3) is 0.792. The van der Waals surface area contributed by atoms with Crippen LogP contribution in [0.25, 0.3) is 0 Å². The molecule has 0 aromatic heterocycles. The van der Waals surface area contributed by atoms with Gasteiger partial charge in [0.2, 0.25) is 0 Å². The van der Waals surface area contributed by atoms with Gasteiger partial charge >= 0.3 is 12.1 Å². The van der Waals surface area contributed by atoms with Gasteiger partial charge in [0.25, 0.3) is 5.91 Å². The minimum Gasteiger partial charge on any atom is -0.481 e. The second-order valence-corrected chi connectivity index (χ2v) is 8.81. The van der Waals surface area contributed by atoms with E-state index in [1.165, 1.54) is 0 Å². The molecule has 182 valence electrons. The molecule has 0 aromatic carbocycles.